The molecule has 0 amide bonds. The average Bonchev–Trinajstić information content (AvgIpc) is 2.03. The van der Waals surface area contributed by atoms with Crippen molar-refractivity contribution in [2.24, 2.45) is 0 Å². The molecule has 0 unspecified atom stereocenters. The van der Waals surface area contributed by atoms with Gasteiger partial charge in [-0.2, -0.15) is 0 Å². The van der Waals surface area contributed by atoms with Crippen LogP contribution in [0.2, 0.25) is 0 Å². The predicted octanol–water partition coefficient (Wildman–Crippen LogP) is 3.44. The Morgan fingerprint density at radius 3 is 2.25 bits per heavy atom. The van der Waals surface area contributed by atoms with E-state index in [1.165, 1.54) is 5.56 Å². The number of hydrogen-bond acceptors (Lipinski definition) is 1. The molecule has 3 heteroatoms. The van der Waals surface area contributed by atoms with Gasteiger partial charge in [-0.1, -0.05) is 44.0 Å². The molecule has 0 radical (unpaired) electrons. The van der Waals surface area contributed by atoms with Gasteiger partial charge < -0.3 is 5.11 Å². The first-order chi connectivity index (χ1) is 5.68. The number of halogens is 2. The summed E-state index contributed by atoms with van der Waals surface area (Å²) in [4.78, 5) is 0. The summed E-state index contributed by atoms with van der Waals surface area (Å²) >= 11 is 6.83. The number of alkyl halides is 2. The van der Waals surface area contributed by atoms with Gasteiger partial charge in [0.25, 0.3) is 0 Å². The highest BCUT2D eigenvalue weighted by Crippen LogP contribution is 2.17. The zero-order chi connectivity index (χ0) is 8.97. The van der Waals surface area contributed by atoms with E-state index in [0.717, 1.165) is 12.8 Å². The summed E-state index contributed by atoms with van der Waals surface area (Å²) in [6, 6.07) is 7.31. The number of aryl methyl sites for hydroxylation is 1. The molecule has 0 aliphatic heterocycles. The average molecular weight is 294 g/mol. The highest BCUT2D eigenvalue weighted by atomic mass is 79.9. The molecule has 0 aliphatic rings. The van der Waals surface area contributed by atoms with E-state index in [9.17, 15) is 0 Å². The van der Waals surface area contributed by atoms with Crippen LogP contribution in [0, 0.1) is 0 Å². The Balaban J connectivity index is 2.48. The summed E-state index contributed by atoms with van der Waals surface area (Å²) < 4.78 is 0.374. The minimum atomic E-state index is 0.327. The van der Waals surface area contributed by atoms with E-state index >= 15 is 0 Å². The first-order valence-electron chi connectivity index (χ1n) is 3.74. The summed E-state index contributed by atoms with van der Waals surface area (Å²) in [7, 11) is 0. The fourth-order valence-corrected chi connectivity index (χ4v) is 1.40. The second-order valence-electron chi connectivity index (χ2n) is 2.60. The third-order valence-corrected chi connectivity index (χ3v) is 2.50. The van der Waals surface area contributed by atoms with Crippen molar-refractivity contribution in [3.8, 4) is 5.75 Å². The van der Waals surface area contributed by atoms with Gasteiger partial charge in [0.05, 0.1) is 3.74 Å². The predicted molar refractivity (Wildman–Crippen MR) is 58.1 cm³/mol. The first-order valence-corrected chi connectivity index (χ1v) is 5.57. The van der Waals surface area contributed by atoms with Crippen molar-refractivity contribution < 1.29 is 5.11 Å². The lowest BCUT2D eigenvalue weighted by Gasteiger charge is -2.01. The maximum atomic E-state index is 9.02. The summed E-state index contributed by atoms with van der Waals surface area (Å²) in [5.74, 6) is 0.327. The Bertz CT molecular complexity index is 231. The topological polar surface area (TPSA) is 20.2 Å². The van der Waals surface area contributed by atoms with Crippen molar-refractivity contribution in [3.63, 3.8) is 0 Å². The summed E-state index contributed by atoms with van der Waals surface area (Å²) in [6.45, 7) is 0. The highest BCUT2D eigenvalue weighted by molar-refractivity contribution is 9.24. The lowest BCUT2D eigenvalue weighted by molar-refractivity contribution is 0.475. The molecule has 1 aromatic rings. The van der Waals surface area contributed by atoms with Gasteiger partial charge in [-0.3, -0.25) is 0 Å². The monoisotopic (exact) mass is 292 g/mol. The molecule has 12 heavy (non-hydrogen) atoms. The Labute approximate surface area is 89.1 Å². The van der Waals surface area contributed by atoms with Crippen LogP contribution in [-0.2, 0) is 6.42 Å². The van der Waals surface area contributed by atoms with Crippen LogP contribution in [0.1, 0.15) is 12.0 Å². The van der Waals surface area contributed by atoms with E-state index in [1.54, 1.807) is 12.1 Å². The van der Waals surface area contributed by atoms with E-state index in [1.807, 2.05) is 12.1 Å². The Kier molecular flexibility index (Phi) is 4.09. The molecule has 1 nitrogen and oxygen atoms in total. The Morgan fingerprint density at radius 2 is 1.75 bits per heavy atom. The van der Waals surface area contributed by atoms with Crippen LogP contribution in [0.3, 0.4) is 0 Å². The van der Waals surface area contributed by atoms with Gasteiger partial charge in [-0.15, -0.1) is 0 Å². The minimum Gasteiger partial charge on any atom is -0.508 e. The number of aromatic hydroxyl groups is 1. The smallest absolute Gasteiger partial charge is 0.115 e. The van der Waals surface area contributed by atoms with E-state index < -0.39 is 0 Å². The summed E-state index contributed by atoms with van der Waals surface area (Å²) in [5.41, 5.74) is 1.25. The third-order valence-electron chi connectivity index (χ3n) is 1.59. The van der Waals surface area contributed by atoms with E-state index in [0.29, 0.717) is 9.49 Å². The van der Waals surface area contributed by atoms with Crippen LogP contribution in [0.25, 0.3) is 0 Å². The van der Waals surface area contributed by atoms with Crippen molar-refractivity contribution in [2.75, 3.05) is 0 Å². The summed E-state index contributed by atoms with van der Waals surface area (Å²) in [6.07, 6.45) is 2.06. The van der Waals surface area contributed by atoms with Gasteiger partial charge in [-0.25, -0.2) is 0 Å². The molecule has 1 N–H and O–H groups in total. The van der Waals surface area contributed by atoms with E-state index in [-0.39, 0.29) is 0 Å². The zero-order valence-electron chi connectivity index (χ0n) is 6.50. The number of benzene rings is 1. The molecule has 0 spiro atoms. The van der Waals surface area contributed by atoms with Crippen LogP contribution in [0.5, 0.6) is 5.75 Å². The number of phenolic OH excluding ortho intramolecular Hbond substituents is 1. The van der Waals surface area contributed by atoms with E-state index in [4.69, 9.17) is 5.11 Å². The molecule has 0 fully saturated rings. The maximum Gasteiger partial charge on any atom is 0.115 e. The van der Waals surface area contributed by atoms with Gasteiger partial charge in [0.2, 0.25) is 0 Å². The number of rotatable bonds is 3. The largest absolute Gasteiger partial charge is 0.508 e. The second kappa shape index (κ2) is 4.87. The molecule has 66 valence electrons. The van der Waals surface area contributed by atoms with Crippen LogP contribution in [0.4, 0.5) is 0 Å². The molecule has 0 aliphatic carbocycles. The molecule has 1 rings (SSSR count). The minimum absolute atomic E-state index is 0.327. The van der Waals surface area contributed by atoms with Gasteiger partial charge in [-0.05, 0) is 30.5 Å². The lowest BCUT2D eigenvalue weighted by Crippen LogP contribution is -1.90. The fourth-order valence-electron chi connectivity index (χ4n) is 0.938. The fraction of sp³-hybridized carbons (Fsp3) is 0.333. The lowest BCUT2D eigenvalue weighted by atomic mass is 10.1. The van der Waals surface area contributed by atoms with Crippen molar-refractivity contribution in [1.29, 1.82) is 0 Å². The van der Waals surface area contributed by atoms with Gasteiger partial charge in [0.15, 0.2) is 0 Å². The molecule has 0 aromatic heterocycles. The van der Waals surface area contributed by atoms with Gasteiger partial charge in [0, 0.05) is 0 Å². The normalized spacial score (nSPS) is 10.6. The van der Waals surface area contributed by atoms with Crippen LogP contribution in [-0.4, -0.2) is 8.84 Å². The van der Waals surface area contributed by atoms with Gasteiger partial charge in [0.1, 0.15) is 5.75 Å². The SMILES string of the molecule is Oc1ccc(CCC(Br)Br)cc1. The quantitative estimate of drug-likeness (QED) is 0.847. The van der Waals surface area contributed by atoms with Gasteiger partial charge >= 0.3 is 0 Å². The van der Waals surface area contributed by atoms with Crippen molar-refractivity contribution >= 4 is 31.9 Å². The Morgan fingerprint density at radius 1 is 1.17 bits per heavy atom. The standard InChI is InChI=1S/C9H10Br2O/c10-9(11)6-3-7-1-4-8(12)5-2-7/h1-2,4-5,9,12H,3,6H2. The summed E-state index contributed by atoms with van der Waals surface area (Å²) in [5, 5.41) is 9.02. The molecule has 0 heterocycles. The molecule has 0 saturated carbocycles. The molecular formula is C9H10Br2O. The number of hydrogen-bond donors (Lipinski definition) is 1. The molecular weight excluding hydrogens is 284 g/mol. The second-order valence-corrected chi connectivity index (χ2v) is 6.04. The maximum absolute atomic E-state index is 9.02. The first kappa shape index (κ1) is 10.1. The van der Waals surface area contributed by atoms with Crippen molar-refractivity contribution in [3.05, 3.63) is 29.8 Å². The van der Waals surface area contributed by atoms with Crippen LogP contribution < -0.4 is 0 Å². The van der Waals surface area contributed by atoms with Crippen molar-refractivity contribution in [2.45, 2.75) is 16.6 Å². The number of phenols is 1. The molecule has 0 bridgehead atoms. The Hall–Kier alpha value is -0.0200. The molecule has 1 aromatic carbocycles. The van der Waals surface area contributed by atoms with Crippen molar-refractivity contribution in [1.82, 2.24) is 0 Å². The molecule has 0 atom stereocenters. The zero-order valence-corrected chi connectivity index (χ0v) is 9.68. The molecule has 0 saturated heterocycles. The van der Waals surface area contributed by atoms with Crippen LogP contribution >= 0.6 is 31.9 Å². The van der Waals surface area contributed by atoms with Crippen LogP contribution in [0.15, 0.2) is 24.3 Å². The third kappa shape index (κ3) is 3.59. The highest BCUT2D eigenvalue weighted by Gasteiger charge is 1.98. The van der Waals surface area contributed by atoms with E-state index in [2.05, 4.69) is 31.9 Å².